The summed E-state index contributed by atoms with van der Waals surface area (Å²) in [6, 6.07) is 38.2. The molecule has 366 valence electrons. The maximum Gasteiger partial charge on any atom is 0.333 e. The normalized spacial score (nSPS) is 21.5. The molecule has 2 nitrogen and oxygen atoms in total. The van der Waals surface area contributed by atoms with Crippen LogP contribution < -0.4 is 20.6 Å². The van der Waals surface area contributed by atoms with Gasteiger partial charge in [-0.1, -0.05) is 166 Å². The van der Waals surface area contributed by atoms with E-state index in [-0.39, 0.29) is 50.2 Å². The van der Waals surface area contributed by atoms with Crippen LogP contribution in [-0.2, 0) is 43.3 Å². The second-order valence-corrected chi connectivity index (χ2v) is 29.1. The van der Waals surface area contributed by atoms with Crippen LogP contribution in [0.3, 0.4) is 0 Å². The van der Waals surface area contributed by atoms with Crippen LogP contribution in [-0.4, -0.2) is 6.85 Å². The van der Waals surface area contributed by atoms with Gasteiger partial charge in [-0.2, -0.15) is 0 Å². The van der Waals surface area contributed by atoms with Crippen molar-refractivity contribution >= 4 is 46.2 Å². The largest absolute Gasteiger partial charge is 0.376 e. The lowest BCUT2D eigenvalue weighted by Crippen LogP contribution is -2.62. The molecule has 6 aliphatic rings. The van der Waals surface area contributed by atoms with Crippen molar-refractivity contribution in [2.45, 2.75) is 206 Å². The van der Waals surface area contributed by atoms with Gasteiger partial charge in [-0.3, -0.25) is 0 Å². The minimum atomic E-state index is -0.157. The van der Waals surface area contributed by atoms with Crippen LogP contribution in [0.15, 0.2) is 91.0 Å². The smallest absolute Gasteiger partial charge is 0.333 e. The molecular formula is C68H81BN2. The molecule has 0 fully saturated rings. The Bertz CT molecular complexity index is 3300. The lowest BCUT2D eigenvalue weighted by Gasteiger charge is -2.50. The molecule has 0 unspecified atom stereocenters. The molecule has 3 heteroatoms. The van der Waals surface area contributed by atoms with E-state index in [2.05, 4.69) is 225 Å². The lowest BCUT2D eigenvalue weighted by atomic mass is 9.42. The van der Waals surface area contributed by atoms with Gasteiger partial charge in [0.25, 0.3) is 0 Å². The van der Waals surface area contributed by atoms with E-state index in [9.17, 15) is 0 Å². The van der Waals surface area contributed by atoms with Gasteiger partial charge in [0.1, 0.15) is 0 Å². The molecule has 4 aliphatic carbocycles. The van der Waals surface area contributed by atoms with Crippen LogP contribution in [0.25, 0.3) is 22.3 Å². The molecule has 12 rings (SSSR count). The molecule has 0 bridgehead atoms. The van der Waals surface area contributed by atoms with E-state index in [1.807, 2.05) is 0 Å². The fourth-order valence-electron chi connectivity index (χ4n) is 14.9. The number of benzene rings is 6. The second kappa shape index (κ2) is 14.4. The third-order valence-corrected chi connectivity index (χ3v) is 20.1. The summed E-state index contributed by atoms with van der Waals surface area (Å²) in [4.78, 5) is 5.63. The number of fused-ring (bicyclic) bond motifs is 10. The van der Waals surface area contributed by atoms with Crippen molar-refractivity contribution in [1.29, 1.82) is 0 Å². The number of rotatable bonds is 2. The number of hydrogen-bond acceptors (Lipinski definition) is 2. The Morgan fingerprint density at radius 2 is 0.930 bits per heavy atom. The Balaban J connectivity index is 1.26. The van der Waals surface area contributed by atoms with Crippen LogP contribution in [0, 0.1) is 6.92 Å². The van der Waals surface area contributed by atoms with Gasteiger partial charge in [0.05, 0.1) is 0 Å². The van der Waals surface area contributed by atoms with Crippen molar-refractivity contribution in [3.63, 3.8) is 0 Å². The Morgan fingerprint density at radius 1 is 0.408 bits per heavy atom. The Morgan fingerprint density at radius 3 is 1.52 bits per heavy atom. The van der Waals surface area contributed by atoms with Gasteiger partial charge in [-0.05, 0) is 209 Å². The Labute approximate surface area is 429 Å². The van der Waals surface area contributed by atoms with Crippen molar-refractivity contribution in [2.24, 2.45) is 0 Å². The standard InChI is InChI=1S/C68H81BN2/c1-40-31-50-53(66(13,14)29-27-63(50,7)8)38-56(40)70-58-36-44-43-21-19-20-22-47(43)68(17,18)49(44)37-55(58)69-60-46(32-41(33-59(60)70)61(2,3)4)45-35-52-54(67(15,16)30-28-65(52,11)12)39-57(45)71(69)42-23-24-48-51(34-42)64(9,10)26-25-62(48,5)6/h19-24,31-39H,25-30H2,1-18H3. The molecule has 0 atom stereocenters. The van der Waals surface area contributed by atoms with E-state index in [0.29, 0.717) is 0 Å². The first-order valence-corrected chi connectivity index (χ1v) is 27.5. The Hall–Kier alpha value is -5.02. The van der Waals surface area contributed by atoms with Crippen LogP contribution in [0.2, 0.25) is 0 Å². The van der Waals surface area contributed by atoms with E-state index in [0.717, 1.165) is 0 Å². The monoisotopic (exact) mass is 937 g/mol. The number of nitrogens with zero attached hydrogens (tertiary/aromatic N) is 2. The summed E-state index contributed by atoms with van der Waals surface area (Å²) in [5, 5.41) is 0. The van der Waals surface area contributed by atoms with Crippen LogP contribution >= 0.6 is 0 Å². The molecule has 0 radical (unpaired) electrons. The molecule has 71 heavy (non-hydrogen) atoms. The highest BCUT2D eigenvalue weighted by atomic mass is 15.2. The summed E-state index contributed by atoms with van der Waals surface area (Å²) in [6.07, 6.45) is 7.13. The van der Waals surface area contributed by atoms with Gasteiger partial charge in [-0.25, -0.2) is 0 Å². The molecule has 0 aromatic heterocycles. The van der Waals surface area contributed by atoms with E-state index in [4.69, 9.17) is 0 Å². The predicted octanol–water partition coefficient (Wildman–Crippen LogP) is 17.4. The van der Waals surface area contributed by atoms with Crippen LogP contribution in [0.5, 0.6) is 0 Å². The predicted molar refractivity (Wildman–Crippen MR) is 307 cm³/mol. The van der Waals surface area contributed by atoms with Crippen molar-refractivity contribution in [3.8, 4) is 22.3 Å². The van der Waals surface area contributed by atoms with Crippen molar-refractivity contribution in [3.05, 3.63) is 147 Å². The molecule has 2 aliphatic heterocycles. The zero-order chi connectivity index (χ0) is 50.7. The maximum absolute atomic E-state index is 2.86. The average molecular weight is 937 g/mol. The minimum Gasteiger partial charge on any atom is -0.376 e. The molecule has 0 amide bonds. The molecule has 0 saturated carbocycles. The van der Waals surface area contributed by atoms with Crippen LogP contribution in [0.1, 0.15) is 212 Å². The molecular weight excluding hydrogens is 856 g/mol. The summed E-state index contributed by atoms with van der Waals surface area (Å²) in [5.41, 5.74) is 29.9. The maximum atomic E-state index is 2.86. The molecule has 0 spiro atoms. The minimum absolute atomic E-state index is 0.0519. The summed E-state index contributed by atoms with van der Waals surface area (Å²) in [6.45, 7) is 44.4. The first kappa shape index (κ1) is 47.0. The van der Waals surface area contributed by atoms with Gasteiger partial charge >= 0.3 is 6.85 Å². The fraction of sp³-hybridized carbons (Fsp3) is 0.471. The van der Waals surface area contributed by atoms with Crippen molar-refractivity contribution in [1.82, 2.24) is 0 Å². The molecule has 6 aromatic rings. The van der Waals surface area contributed by atoms with E-state index < -0.39 is 0 Å². The first-order valence-electron chi connectivity index (χ1n) is 27.5. The quantitative estimate of drug-likeness (QED) is 0.160. The highest BCUT2D eigenvalue weighted by molar-refractivity contribution is 6.93. The summed E-state index contributed by atoms with van der Waals surface area (Å²) in [5.74, 6) is 0. The summed E-state index contributed by atoms with van der Waals surface area (Å²) < 4.78 is 0. The lowest BCUT2D eigenvalue weighted by molar-refractivity contribution is 0.332. The van der Waals surface area contributed by atoms with Crippen molar-refractivity contribution < 1.29 is 0 Å². The van der Waals surface area contributed by atoms with E-state index >= 15 is 0 Å². The molecule has 2 heterocycles. The van der Waals surface area contributed by atoms with Gasteiger partial charge in [0.15, 0.2) is 0 Å². The van der Waals surface area contributed by atoms with Gasteiger partial charge in [0, 0.05) is 39.4 Å². The number of anilines is 5. The van der Waals surface area contributed by atoms with E-state index in [1.165, 1.54) is 156 Å². The fourth-order valence-corrected chi connectivity index (χ4v) is 14.9. The highest BCUT2D eigenvalue weighted by Crippen LogP contribution is 2.58. The van der Waals surface area contributed by atoms with Gasteiger partial charge < -0.3 is 9.71 Å². The molecule has 6 aromatic carbocycles. The highest BCUT2D eigenvalue weighted by Gasteiger charge is 2.51. The SMILES string of the molecule is Cc1cc2c(cc1N1c3cc4c(cc3B3c5c(cc(C(C)(C)C)cc51)-c1cc5c(cc1N3c1ccc3c(c1)C(C)(C)CCC3(C)C)C(C)(C)CCC5(C)C)C(C)(C)c1ccccc1-4)C(C)(C)CCC2(C)C. The second-order valence-electron chi connectivity index (χ2n) is 29.1. The number of aryl methyl sites for hydroxylation is 1. The zero-order valence-electron chi connectivity index (χ0n) is 46.9. The third kappa shape index (κ3) is 6.58. The third-order valence-electron chi connectivity index (χ3n) is 20.1. The van der Waals surface area contributed by atoms with Crippen molar-refractivity contribution in [2.75, 3.05) is 9.71 Å². The average Bonchev–Trinajstić information content (AvgIpc) is 3.52. The summed E-state index contributed by atoms with van der Waals surface area (Å²) >= 11 is 0. The zero-order valence-corrected chi connectivity index (χ0v) is 46.9. The topological polar surface area (TPSA) is 6.48 Å². The summed E-state index contributed by atoms with van der Waals surface area (Å²) in [7, 11) is 0. The van der Waals surface area contributed by atoms with Gasteiger partial charge in [-0.15, -0.1) is 0 Å². The van der Waals surface area contributed by atoms with Gasteiger partial charge in [0.2, 0.25) is 0 Å². The first-order chi connectivity index (χ1) is 32.9. The molecule has 0 N–H and O–H groups in total. The number of hydrogen-bond donors (Lipinski definition) is 0. The Kier molecular flexibility index (Phi) is 9.53. The molecule has 0 saturated heterocycles. The van der Waals surface area contributed by atoms with E-state index in [1.54, 1.807) is 0 Å². The van der Waals surface area contributed by atoms with Crippen LogP contribution in [0.4, 0.5) is 28.4 Å².